The molecule has 21 heavy (non-hydrogen) atoms. The van der Waals surface area contributed by atoms with Gasteiger partial charge in [-0.25, -0.2) is 4.98 Å². The summed E-state index contributed by atoms with van der Waals surface area (Å²) in [6, 6.07) is 11.4. The minimum atomic E-state index is 0.334. The quantitative estimate of drug-likeness (QED) is 0.886. The lowest BCUT2D eigenvalue weighted by molar-refractivity contribution is 0.585. The first kappa shape index (κ1) is 14.6. The Morgan fingerprint density at radius 1 is 1.24 bits per heavy atom. The van der Waals surface area contributed by atoms with Crippen LogP contribution in [0.15, 0.2) is 46.5 Å². The number of aryl methyl sites for hydroxylation is 2. The second-order valence-electron chi connectivity index (χ2n) is 5.56. The summed E-state index contributed by atoms with van der Waals surface area (Å²) in [7, 11) is 0. The fourth-order valence-corrected chi connectivity index (χ4v) is 3.99. The zero-order valence-corrected chi connectivity index (χ0v) is 13.5. The van der Waals surface area contributed by atoms with E-state index in [1.807, 2.05) is 12.3 Å². The number of benzene rings is 1. The number of nitrogens with one attached hydrogen (secondary N) is 1. The van der Waals surface area contributed by atoms with E-state index in [0.717, 1.165) is 11.6 Å². The number of hydrogen-bond acceptors (Lipinski definition) is 3. The van der Waals surface area contributed by atoms with Gasteiger partial charge in [0, 0.05) is 22.7 Å². The molecule has 1 unspecified atom stereocenters. The molecule has 2 nitrogen and oxygen atoms in total. The van der Waals surface area contributed by atoms with Crippen LogP contribution >= 0.6 is 11.8 Å². The summed E-state index contributed by atoms with van der Waals surface area (Å²) in [5.41, 5.74) is 4.34. The maximum atomic E-state index is 4.59. The number of nitrogens with zero attached hydrogens (tertiary/aromatic N) is 1. The van der Waals surface area contributed by atoms with Crippen molar-refractivity contribution in [2.45, 2.75) is 49.1 Å². The zero-order chi connectivity index (χ0) is 14.7. The molecule has 0 fully saturated rings. The van der Waals surface area contributed by atoms with Crippen LogP contribution in [0, 0.1) is 0 Å². The summed E-state index contributed by atoms with van der Waals surface area (Å²) in [6.07, 6.45) is 5.66. The molecule has 0 aliphatic heterocycles. The van der Waals surface area contributed by atoms with Gasteiger partial charge in [-0.3, -0.25) is 0 Å². The molecule has 1 heterocycles. The third kappa shape index (κ3) is 3.30. The molecule has 1 aromatic heterocycles. The predicted octanol–water partition coefficient (Wildman–Crippen LogP) is 4.39. The third-order valence-electron chi connectivity index (χ3n) is 4.06. The van der Waals surface area contributed by atoms with E-state index in [0.29, 0.717) is 6.04 Å². The Morgan fingerprint density at radius 2 is 2.10 bits per heavy atom. The van der Waals surface area contributed by atoms with Gasteiger partial charge in [-0.05, 0) is 62.1 Å². The maximum Gasteiger partial charge on any atom is 0.105 e. The topological polar surface area (TPSA) is 24.9 Å². The van der Waals surface area contributed by atoms with Crippen LogP contribution in [0.5, 0.6) is 0 Å². The average molecular weight is 298 g/mol. The van der Waals surface area contributed by atoms with E-state index < -0.39 is 0 Å². The van der Waals surface area contributed by atoms with E-state index in [9.17, 15) is 0 Å². The minimum Gasteiger partial charge on any atom is -0.310 e. The molecule has 0 amide bonds. The number of rotatable bonds is 5. The minimum absolute atomic E-state index is 0.334. The van der Waals surface area contributed by atoms with Crippen molar-refractivity contribution < 1.29 is 0 Å². The van der Waals surface area contributed by atoms with Gasteiger partial charge in [0.25, 0.3) is 0 Å². The molecule has 0 spiro atoms. The molecule has 1 aliphatic rings. The van der Waals surface area contributed by atoms with Crippen molar-refractivity contribution in [3.63, 3.8) is 0 Å². The first-order valence-corrected chi connectivity index (χ1v) is 8.57. The summed E-state index contributed by atoms with van der Waals surface area (Å²) in [6.45, 7) is 5.31. The molecule has 2 aromatic rings. The Morgan fingerprint density at radius 3 is 2.95 bits per heavy atom. The summed E-state index contributed by atoms with van der Waals surface area (Å²) in [4.78, 5) is 5.90. The summed E-state index contributed by atoms with van der Waals surface area (Å²) < 4.78 is 0. The normalized spacial score (nSPS) is 15.0. The van der Waals surface area contributed by atoms with E-state index in [-0.39, 0.29) is 0 Å². The van der Waals surface area contributed by atoms with Gasteiger partial charge in [-0.1, -0.05) is 30.8 Å². The second-order valence-corrected chi connectivity index (χ2v) is 6.63. The molecule has 1 aliphatic carbocycles. The molecule has 0 saturated carbocycles. The van der Waals surface area contributed by atoms with E-state index in [4.69, 9.17) is 0 Å². The molecule has 1 aromatic carbocycles. The van der Waals surface area contributed by atoms with Crippen LogP contribution in [0.25, 0.3) is 0 Å². The molecule has 0 saturated heterocycles. The molecule has 3 heteroatoms. The fourth-order valence-electron chi connectivity index (χ4n) is 2.96. The number of fused-ring (bicyclic) bond motifs is 1. The van der Waals surface area contributed by atoms with Crippen molar-refractivity contribution in [2.24, 2.45) is 0 Å². The van der Waals surface area contributed by atoms with E-state index in [1.54, 1.807) is 11.8 Å². The first-order valence-electron chi connectivity index (χ1n) is 7.76. The predicted molar refractivity (Wildman–Crippen MR) is 88.9 cm³/mol. The molecular weight excluding hydrogens is 276 g/mol. The zero-order valence-electron chi connectivity index (χ0n) is 12.7. The monoisotopic (exact) mass is 298 g/mol. The number of hydrogen-bond donors (Lipinski definition) is 1. The van der Waals surface area contributed by atoms with Gasteiger partial charge in [0.1, 0.15) is 5.03 Å². The van der Waals surface area contributed by atoms with Gasteiger partial charge in [-0.15, -0.1) is 0 Å². The Labute approximate surface area is 131 Å². The lowest BCUT2D eigenvalue weighted by Gasteiger charge is -2.16. The van der Waals surface area contributed by atoms with Crippen LogP contribution in [0.4, 0.5) is 0 Å². The molecular formula is C18H22N2S. The van der Waals surface area contributed by atoms with Gasteiger partial charge in [0.2, 0.25) is 0 Å². The highest BCUT2D eigenvalue weighted by molar-refractivity contribution is 7.99. The SMILES string of the molecule is CCNC(C)c1cccnc1Sc1ccc2c(c1)CCC2. The lowest BCUT2D eigenvalue weighted by atomic mass is 10.1. The van der Waals surface area contributed by atoms with E-state index in [2.05, 4.69) is 48.4 Å². The van der Waals surface area contributed by atoms with Crippen LogP contribution in [0.1, 0.15) is 43.0 Å². The van der Waals surface area contributed by atoms with Gasteiger partial charge in [-0.2, -0.15) is 0 Å². The molecule has 110 valence electrons. The van der Waals surface area contributed by atoms with E-state index >= 15 is 0 Å². The summed E-state index contributed by atoms with van der Waals surface area (Å²) in [5.74, 6) is 0. The van der Waals surface area contributed by atoms with Gasteiger partial charge in [0.15, 0.2) is 0 Å². The van der Waals surface area contributed by atoms with Crippen LogP contribution in [-0.4, -0.2) is 11.5 Å². The smallest absolute Gasteiger partial charge is 0.105 e. The number of pyridine rings is 1. The molecule has 1 atom stereocenters. The molecule has 0 bridgehead atoms. The Balaban J connectivity index is 1.84. The van der Waals surface area contributed by atoms with Gasteiger partial charge >= 0.3 is 0 Å². The van der Waals surface area contributed by atoms with Gasteiger partial charge < -0.3 is 5.32 Å². The van der Waals surface area contributed by atoms with Crippen LogP contribution in [0.2, 0.25) is 0 Å². The fraction of sp³-hybridized carbons (Fsp3) is 0.389. The standard InChI is InChI=1S/C18H22N2S/c1-3-19-13(2)17-8-5-11-20-18(17)21-16-10-9-14-6-4-7-15(14)12-16/h5,8-13,19H,3-4,6-7H2,1-2H3. The first-order chi connectivity index (χ1) is 10.3. The highest BCUT2D eigenvalue weighted by atomic mass is 32.2. The van der Waals surface area contributed by atoms with Crippen molar-refractivity contribution in [1.82, 2.24) is 10.3 Å². The van der Waals surface area contributed by atoms with Crippen molar-refractivity contribution in [3.8, 4) is 0 Å². The van der Waals surface area contributed by atoms with Gasteiger partial charge in [0.05, 0.1) is 0 Å². The Hall–Kier alpha value is -1.32. The Bertz CT molecular complexity index is 624. The largest absolute Gasteiger partial charge is 0.310 e. The van der Waals surface area contributed by atoms with E-state index in [1.165, 1.54) is 40.8 Å². The Kier molecular flexibility index (Phi) is 4.61. The maximum absolute atomic E-state index is 4.59. The highest BCUT2D eigenvalue weighted by Crippen LogP contribution is 2.34. The van der Waals surface area contributed by atoms with Crippen LogP contribution in [-0.2, 0) is 12.8 Å². The molecule has 3 rings (SSSR count). The van der Waals surface area contributed by atoms with Crippen LogP contribution in [0.3, 0.4) is 0 Å². The van der Waals surface area contributed by atoms with Crippen molar-refractivity contribution in [2.75, 3.05) is 6.54 Å². The summed E-state index contributed by atoms with van der Waals surface area (Å²) >= 11 is 1.78. The van der Waals surface area contributed by atoms with Crippen LogP contribution < -0.4 is 5.32 Å². The van der Waals surface area contributed by atoms with Crippen molar-refractivity contribution in [3.05, 3.63) is 53.2 Å². The van der Waals surface area contributed by atoms with Crippen molar-refractivity contribution >= 4 is 11.8 Å². The molecule has 1 N–H and O–H groups in total. The second kappa shape index (κ2) is 6.63. The number of aromatic nitrogens is 1. The summed E-state index contributed by atoms with van der Waals surface area (Å²) in [5, 5.41) is 4.59. The lowest BCUT2D eigenvalue weighted by Crippen LogP contribution is -2.18. The van der Waals surface area contributed by atoms with Crippen molar-refractivity contribution in [1.29, 1.82) is 0 Å². The highest BCUT2D eigenvalue weighted by Gasteiger charge is 2.14. The average Bonchev–Trinajstić information content (AvgIpc) is 2.95. The molecule has 0 radical (unpaired) electrons. The third-order valence-corrected chi connectivity index (χ3v) is 5.09.